The van der Waals surface area contributed by atoms with Gasteiger partial charge in [-0.15, -0.1) is 0 Å². The standard InChI is InChI=1S/C18H18N2O2/c1-12-9-16(17-13(2)19-22-14(17)3)11-20(18(12)21)10-15-7-5-4-6-8-15/h4-9,11H,10H2,1-3H3. The van der Waals surface area contributed by atoms with Crippen LogP contribution in [-0.2, 0) is 6.54 Å². The molecule has 0 aliphatic carbocycles. The molecule has 3 rings (SSSR count). The second-order valence-corrected chi connectivity index (χ2v) is 5.53. The second kappa shape index (κ2) is 5.64. The van der Waals surface area contributed by atoms with Gasteiger partial charge >= 0.3 is 0 Å². The number of hydrogen-bond acceptors (Lipinski definition) is 3. The summed E-state index contributed by atoms with van der Waals surface area (Å²) in [6.45, 7) is 6.19. The van der Waals surface area contributed by atoms with Gasteiger partial charge < -0.3 is 9.09 Å². The van der Waals surface area contributed by atoms with E-state index in [0.29, 0.717) is 12.1 Å². The zero-order chi connectivity index (χ0) is 15.7. The van der Waals surface area contributed by atoms with Crippen molar-refractivity contribution >= 4 is 0 Å². The van der Waals surface area contributed by atoms with Gasteiger partial charge in [0.25, 0.3) is 5.56 Å². The largest absolute Gasteiger partial charge is 0.361 e. The maximum Gasteiger partial charge on any atom is 0.253 e. The van der Waals surface area contributed by atoms with E-state index in [0.717, 1.165) is 28.1 Å². The minimum atomic E-state index is 0.0272. The fraction of sp³-hybridized carbons (Fsp3) is 0.222. The van der Waals surface area contributed by atoms with E-state index in [-0.39, 0.29) is 5.56 Å². The van der Waals surface area contributed by atoms with Gasteiger partial charge in [0.05, 0.1) is 12.2 Å². The first-order valence-electron chi connectivity index (χ1n) is 7.24. The molecule has 0 radical (unpaired) electrons. The summed E-state index contributed by atoms with van der Waals surface area (Å²) in [5, 5.41) is 4.00. The van der Waals surface area contributed by atoms with Crippen LogP contribution < -0.4 is 5.56 Å². The van der Waals surface area contributed by atoms with Gasteiger partial charge in [-0.2, -0.15) is 0 Å². The minimum Gasteiger partial charge on any atom is -0.361 e. The van der Waals surface area contributed by atoms with Crippen molar-refractivity contribution in [2.45, 2.75) is 27.3 Å². The molecule has 4 heteroatoms. The molecule has 0 amide bonds. The Balaban J connectivity index is 2.10. The molecule has 0 atom stereocenters. The lowest BCUT2D eigenvalue weighted by atomic mass is 10.0. The third-order valence-electron chi connectivity index (χ3n) is 3.78. The Morgan fingerprint density at radius 2 is 1.86 bits per heavy atom. The van der Waals surface area contributed by atoms with Gasteiger partial charge in [-0.05, 0) is 32.4 Å². The molecule has 0 saturated heterocycles. The number of aromatic nitrogens is 2. The lowest BCUT2D eigenvalue weighted by Crippen LogP contribution is -2.22. The normalized spacial score (nSPS) is 10.9. The molecular formula is C18H18N2O2. The van der Waals surface area contributed by atoms with Crippen LogP contribution in [-0.4, -0.2) is 9.72 Å². The summed E-state index contributed by atoms with van der Waals surface area (Å²) in [6.07, 6.45) is 1.88. The number of hydrogen-bond donors (Lipinski definition) is 0. The smallest absolute Gasteiger partial charge is 0.253 e. The maximum atomic E-state index is 12.4. The number of rotatable bonds is 3. The van der Waals surface area contributed by atoms with Gasteiger partial charge in [-0.3, -0.25) is 4.79 Å². The highest BCUT2D eigenvalue weighted by atomic mass is 16.5. The van der Waals surface area contributed by atoms with Gasteiger partial charge in [0.2, 0.25) is 0 Å². The Bertz CT molecular complexity index is 841. The molecule has 112 valence electrons. The third-order valence-corrected chi connectivity index (χ3v) is 3.78. The van der Waals surface area contributed by atoms with Crippen LogP contribution in [0.1, 0.15) is 22.6 Å². The average molecular weight is 294 g/mol. The highest BCUT2D eigenvalue weighted by Crippen LogP contribution is 2.26. The van der Waals surface area contributed by atoms with Crippen LogP contribution in [0.2, 0.25) is 0 Å². The molecule has 22 heavy (non-hydrogen) atoms. The summed E-state index contributed by atoms with van der Waals surface area (Å²) in [5.74, 6) is 0.766. The van der Waals surface area contributed by atoms with Crippen LogP contribution in [0.15, 0.2) is 51.9 Å². The van der Waals surface area contributed by atoms with Crippen molar-refractivity contribution in [3.63, 3.8) is 0 Å². The second-order valence-electron chi connectivity index (χ2n) is 5.53. The van der Waals surface area contributed by atoms with Crippen molar-refractivity contribution in [3.8, 4) is 11.1 Å². The molecule has 4 nitrogen and oxygen atoms in total. The van der Waals surface area contributed by atoms with E-state index >= 15 is 0 Å². The predicted molar refractivity (Wildman–Crippen MR) is 86.0 cm³/mol. The van der Waals surface area contributed by atoms with E-state index in [1.165, 1.54) is 0 Å². The molecule has 0 bridgehead atoms. The van der Waals surface area contributed by atoms with Crippen molar-refractivity contribution in [2.75, 3.05) is 0 Å². The summed E-state index contributed by atoms with van der Waals surface area (Å²) in [7, 11) is 0. The fourth-order valence-electron chi connectivity index (χ4n) is 2.71. The summed E-state index contributed by atoms with van der Waals surface area (Å²) in [6, 6.07) is 11.9. The predicted octanol–water partition coefficient (Wildman–Crippen LogP) is 3.48. The van der Waals surface area contributed by atoms with Gasteiger partial charge in [0.15, 0.2) is 0 Å². The summed E-state index contributed by atoms with van der Waals surface area (Å²) >= 11 is 0. The van der Waals surface area contributed by atoms with Crippen LogP contribution in [0.3, 0.4) is 0 Å². The molecule has 0 fully saturated rings. The number of benzene rings is 1. The first-order chi connectivity index (χ1) is 10.6. The topological polar surface area (TPSA) is 48.0 Å². The molecule has 0 unspecified atom stereocenters. The summed E-state index contributed by atoms with van der Waals surface area (Å²) in [4.78, 5) is 12.4. The van der Waals surface area contributed by atoms with Crippen LogP contribution in [0.5, 0.6) is 0 Å². The Hall–Kier alpha value is -2.62. The lowest BCUT2D eigenvalue weighted by molar-refractivity contribution is 0.393. The maximum absolute atomic E-state index is 12.4. The number of nitrogens with zero attached hydrogens (tertiary/aromatic N) is 2. The van der Waals surface area contributed by atoms with E-state index in [1.54, 1.807) is 4.57 Å². The monoisotopic (exact) mass is 294 g/mol. The Kier molecular flexibility index (Phi) is 3.67. The van der Waals surface area contributed by atoms with E-state index in [2.05, 4.69) is 5.16 Å². The van der Waals surface area contributed by atoms with Crippen molar-refractivity contribution in [2.24, 2.45) is 0 Å². The van der Waals surface area contributed by atoms with Crippen LogP contribution in [0.4, 0.5) is 0 Å². The molecular weight excluding hydrogens is 276 g/mol. The molecule has 3 aromatic rings. The minimum absolute atomic E-state index is 0.0272. The highest BCUT2D eigenvalue weighted by molar-refractivity contribution is 5.67. The zero-order valence-electron chi connectivity index (χ0n) is 13.0. The SMILES string of the molecule is Cc1noc(C)c1-c1cc(C)c(=O)n(Cc2ccccc2)c1. The summed E-state index contributed by atoms with van der Waals surface area (Å²) in [5.41, 5.74) is 4.60. The van der Waals surface area contributed by atoms with Gasteiger partial charge in [-0.25, -0.2) is 0 Å². The Morgan fingerprint density at radius 3 is 2.50 bits per heavy atom. The first-order valence-corrected chi connectivity index (χ1v) is 7.24. The average Bonchev–Trinajstić information content (AvgIpc) is 2.84. The van der Waals surface area contributed by atoms with Crippen molar-refractivity contribution in [1.82, 2.24) is 9.72 Å². The van der Waals surface area contributed by atoms with E-state index in [9.17, 15) is 4.79 Å². The molecule has 0 aliphatic heterocycles. The molecule has 0 aliphatic rings. The molecule has 0 spiro atoms. The molecule has 2 heterocycles. The number of pyridine rings is 1. The quantitative estimate of drug-likeness (QED) is 0.743. The van der Waals surface area contributed by atoms with Gasteiger partial charge in [-0.1, -0.05) is 35.5 Å². The zero-order valence-corrected chi connectivity index (χ0v) is 13.0. The molecule has 2 aromatic heterocycles. The van der Waals surface area contributed by atoms with E-state index in [4.69, 9.17) is 4.52 Å². The third kappa shape index (κ3) is 2.60. The van der Waals surface area contributed by atoms with Gasteiger partial charge in [0.1, 0.15) is 5.76 Å². The first kappa shape index (κ1) is 14.3. The van der Waals surface area contributed by atoms with Crippen molar-refractivity contribution < 1.29 is 4.52 Å². The molecule has 0 N–H and O–H groups in total. The van der Waals surface area contributed by atoms with Gasteiger partial charge in [0, 0.05) is 22.9 Å². The highest BCUT2D eigenvalue weighted by Gasteiger charge is 2.14. The van der Waals surface area contributed by atoms with E-state index in [1.807, 2.05) is 63.4 Å². The Morgan fingerprint density at radius 1 is 1.14 bits per heavy atom. The van der Waals surface area contributed by atoms with Crippen LogP contribution in [0.25, 0.3) is 11.1 Å². The van der Waals surface area contributed by atoms with Crippen molar-refractivity contribution in [1.29, 1.82) is 0 Å². The number of aryl methyl sites for hydroxylation is 3. The Labute approximate surface area is 129 Å². The lowest BCUT2D eigenvalue weighted by Gasteiger charge is -2.10. The van der Waals surface area contributed by atoms with Crippen LogP contribution >= 0.6 is 0 Å². The van der Waals surface area contributed by atoms with Crippen LogP contribution in [0, 0.1) is 20.8 Å². The summed E-state index contributed by atoms with van der Waals surface area (Å²) < 4.78 is 6.98. The van der Waals surface area contributed by atoms with E-state index < -0.39 is 0 Å². The fourth-order valence-corrected chi connectivity index (χ4v) is 2.71. The van der Waals surface area contributed by atoms with Crippen molar-refractivity contribution in [3.05, 3.63) is 75.5 Å². The molecule has 0 saturated carbocycles. The molecule has 1 aromatic carbocycles.